The van der Waals surface area contributed by atoms with Crippen molar-refractivity contribution in [3.8, 4) is 0 Å². The Morgan fingerprint density at radius 3 is 1.91 bits per heavy atom. The molecule has 14 heteroatoms. The fourth-order valence-electron chi connectivity index (χ4n) is 17.1. The summed E-state index contributed by atoms with van der Waals surface area (Å²) in [5, 5.41) is 7.18. The molecular weight excluding hydrogens is 1370 g/mol. The second kappa shape index (κ2) is 36.0. The summed E-state index contributed by atoms with van der Waals surface area (Å²) in [6.45, 7) is 41.8. The normalized spacial score (nSPS) is 30.4. The zero-order chi connectivity index (χ0) is 66.2. The Bertz CT molecular complexity index is 2750. The minimum atomic E-state index is -0.674. The van der Waals surface area contributed by atoms with E-state index in [1.807, 2.05) is 17.6 Å². The van der Waals surface area contributed by atoms with Crippen LogP contribution in [-0.4, -0.2) is 95.4 Å². The third-order valence-corrected chi connectivity index (χ3v) is 22.6. The van der Waals surface area contributed by atoms with Gasteiger partial charge in [0, 0.05) is 89.2 Å². The van der Waals surface area contributed by atoms with Crippen molar-refractivity contribution in [3.63, 3.8) is 0 Å². The zero-order valence-electron chi connectivity index (χ0n) is 59.4. The molecular formula is C77H126F2N5O6U+. The maximum atomic E-state index is 13.7. The molecule has 4 N–H and O–H groups in total. The summed E-state index contributed by atoms with van der Waals surface area (Å²) in [6, 6.07) is 5.28. The Morgan fingerprint density at radius 2 is 1.35 bits per heavy atom. The van der Waals surface area contributed by atoms with E-state index in [-0.39, 0.29) is 87.1 Å². The van der Waals surface area contributed by atoms with Crippen LogP contribution < -0.4 is 21.8 Å². The number of aromatic amines is 2. The molecule has 4 aliphatic carbocycles. The second-order valence-electron chi connectivity index (χ2n) is 32.0. The minimum absolute atomic E-state index is 0. The minimum Gasteiger partial charge on any atom is -0.372 e. The van der Waals surface area contributed by atoms with Crippen molar-refractivity contribution in [1.29, 1.82) is 0 Å². The summed E-state index contributed by atoms with van der Waals surface area (Å²) in [5.74, 6) is 3.06. The number of H-pyrrole nitrogens is 2. The van der Waals surface area contributed by atoms with Crippen LogP contribution in [-0.2, 0) is 49.2 Å². The van der Waals surface area contributed by atoms with E-state index in [9.17, 15) is 32.8 Å². The number of alkyl halides is 2. The number of pyridine rings is 2. The summed E-state index contributed by atoms with van der Waals surface area (Å²) in [4.78, 5) is 68.4. The van der Waals surface area contributed by atoms with Gasteiger partial charge in [0.05, 0.1) is 0 Å². The fraction of sp³-hybridized carbons (Fsp3) is 0.792. The van der Waals surface area contributed by atoms with Gasteiger partial charge in [-0.15, -0.1) is 0 Å². The number of fused-ring (bicyclic) bond motifs is 2. The first kappa shape index (κ1) is 78.9. The summed E-state index contributed by atoms with van der Waals surface area (Å²) in [5.41, 5.74) is 6.14. The molecule has 0 spiro atoms. The van der Waals surface area contributed by atoms with E-state index in [1.165, 1.54) is 37.7 Å². The van der Waals surface area contributed by atoms with Crippen molar-refractivity contribution in [2.75, 3.05) is 26.2 Å². The van der Waals surface area contributed by atoms with Gasteiger partial charge < -0.3 is 41.6 Å². The Kier molecular flexibility index (Phi) is 31.2. The quantitative estimate of drug-likeness (QED) is 0.0487. The molecule has 3 aliphatic heterocycles. The zero-order valence-corrected chi connectivity index (χ0v) is 63.6. The molecule has 2 aromatic heterocycles. The summed E-state index contributed by atoms with van der Waals surface area (Å²) in [7, 11) is 0. The van der Waals surface area contributed by atoms with Gasteiger partial charge in [-0.2, -0.15) is 6.42 Å². The maximum Gasteiger partial charge on any atom is 2.00 e. The summed E-state index contributed by atoms with van der Waals surface area (Å²) < 4.78 is 34.6. The first-order valence-corrected chi connectivity index (χ1v) is 36.1. The smallest absolute Gasteiger partial charge is 0.372 e. The molecule has 0 radical (unpaired) electrons. The summed E-state index contributed by atoms with van der Waals surface area (Å²) in [6.07, 6.45) is 25.4. The Morgan fingerprint density at radius 1 is 0.758 bits per heavy atom. The predicted molar refractivity (Wildman–Crippen MR) is 366 cm³/mol. The molecule has 0 aromatic carbocycles. The molecule has 5 heterocycles. The van der Waals surface area contributed by atoms with Crippen molar-refractivity contribution in [2.24, 2.45) is 39.9 Å². The van der Waals surface area contributed by atoms with Crippen LogP contribution in [0.2, 0.25) is 0 Å². The number of aromatic nitrogens is 2. The van der Waals surface area contributed by atoms with Gasteiger partial charge in [-0.25, -0.2) is 8.78 Å². The molecule has 91 heavy (non-hydrogen) atoms. The molecule has 3 saturated heterocycles. The first-order chi connectivity index (χ1) is 42.5. The topological polar surface area (TPSA) is 153 Å². The number of rotatable bonds is 23. The van der Waals surface area contributed by atoms with Crippen LogP contribution in [0.3, 0.4) is 0 Å². The number of ether oxygens (including phenoxy) is 1. The van der Waals surface area contributed by atoms with E-state index in [1.54, 1.807) is 6.92 Å². The third-order valence-electron chi connectivity index (χ3n) is 22.6. The van der Waals surface area contributed by atoms with Gasteiger partial charge in [-0.3, -0.25) is 19.2 Å². The molecule has 5 unspecified atom stereocenters. The standard InChI is InChI=1S/C26H48N2O2.C20H28FNO2.C17H24FNO.C14H26NO.U/c1-7-12-26(5,13-9-16-28(6)15-8-2)24(29)23-19-25(4,14-17-30-23)18-22-11-10-21(3)27-20-22;1-4-17(23)16-11-20(2,3)18-15(16)10-13(19(24)22-18)9-12-5-7-14(21)8-6-12;1-17(2)8-7-12-10-13(16(20)19-15(12)17)9-11-3-5-14(18)6-4-11;1-5-6-7-13-10-15-11(2)8-14(13,4)9-12(3)16;/h15,21-23,27H,6-14,16-20H2,1-5H3;10,12,14,16H,4-9,11H2,1-3H3,(H,22,24);10-11,14H,3-9H2,1-2H3,(H,19,20);11,13,15H,1,5-10H2,2-4H3;/q;;;-1;+2/t21-,22?,23+,25?,26?;;;11-,13+,14?;/m1..1./s1. The Hall–Kier alpha value is -2.76. The van der Waals surface area contributed by atoms with E-state index >= 15 is 0 Å². The number of ketones is 3. The number of hydrogen-bond acceptors (Lipinski definition) is 8. The van der Waals surface area contributed by atoms with Gasteiger partial charge in [0.2, 0.25) is 0 Å². The van der Waals surface area contributed by atoms with Crippen LogP contribution in [0.25, 0.3) is 0 Å². The molecule has 512 valence electrons. The number of nitrogens with one attached hydrogen (secondary N) is 4. The van der Waals surface area contributed by atoms with Crippen LogP contribution in [0.5, 0.6) is 0 Å². The largest absolute Gasteiger partial charge is 2.00 e. The molecule has 0 amide bonds. The number of carbonyl (C=O) groups is 3. The number of nitrogens with zero attached hydrogens (tertiary/aromatic N) is 1. The van der Waals surface area contributed by atoms with Crippen LogP contribution in [0.15, 0.2) is 21.7 Å². The number of hydrogen-bond donors (Lipinski definition) is 4. The number of piperidine rings is 2. The van der Waals surface area contributed by atoms with Gasteiger partial charge in [0.25, 0.3) is 11.1 Å². The van der Waals surface area contributed by atoms with Crippen molar-refractivity contribution in [3.05, 3.63) is 80.0 Å². The average molecular weight is 1490 g/mol. The molecule has 9 atom stereocenters. The molecule has 0 bridgehead atoms. The molecule has 2 aromatic rings. The number of unbranched alkanes of at least 4 members (excludes halogenated alkanes) is 1. The van der Waals surface area contributed by atoms with E-state index in [4.69, 9.17) is 4.74 Å². The average Bonchev–Trinajstić information content (AvgIpc) is 1.63. The summed E-state index contributed by atoms with van der Waals surface area (Å²) >= 11 is 0. The van der Waals surface area contributed by atoms with Crippen molar-refractivity contribution in [1.82, 2.24) is 20.6 Å². The third kappa shape index (κ3) is 22.9. The number of carbonyl (C=O) groups excluding carboxylic acids is 3. The van der Waals surface area contributed by atoms with E-state index < -0.39 is 12.3 Å². The van der Waals surface area contributed by atoms with E-state index in [0.717, 1.165) is 176 Å². The SMILES string of the molecule is C=[N+]([CH-]CC)CCCC(C)(CCC)C(=O)[C@@H]1CC(C)(CC2CC[C@@H](C)NC2)CCO1.CC1(C)CCc2cc(CC3CCC(F)CC3)c(=O)[nH]c21.CCC(=O)C1CC(C)(C)c2[nH]c(=O)c(CC3CCC(F)CC3)cc21.[CH2-]CCC[C@H]1CN[C@H](C)CC1(C)CC(C)=O.[U+2]. The van der Waals surface area contributed by atoms with E-state index in [2.05, 4.69) is 123 Å². The van der Waals surface area contributed by atoms with Crippen LogP contribution in [0, 0.1) is 84.5 Å². The fourth-order valence-corrected chi connectivity index (χ4v) is 17.1. The van der Waals surface area contributed by atoms with Gasteiger partial charge in [-0.05, 0) is 240 Å². The molecule has 11 nitrogen and oxygen atoms in total. The van der Waals surface area contributed by atoms with Gasteiger partial charge in [-0.1, -0.05) is 88.5 Å². The Balaban J connectivity index is 0.000000225. The first-order valence-electron chi connectivity index (χ1n) is 36.1. The van der Waals surface area contributed by atoms with Crippen LogP contribution in [0.4, 0.5) is 8.78 Å². The molecule has 7 aliphatic rings. The molecule has 5 fully saturated rings. The van der Waals surface area contributed by atoms with Crippen LogP contribution in [0.1, 0.15) is 297 Å². The van der Waals surface area contributed by atoms with Gasteiger partial charge in [0.15, 0.2) is 5.78 Å². The maximum absolute atomic E-state index is 13.7. The number of halogens is 2. The number of Topliss-reactive ketones (excluding diaryl/α,β-unsaturated/α-hetero) is 3. The van der Waals surface area contributed by atoms with Crippen molar-refractivity contribution in [2.45, 2.75) is 323 Å². The second-order valence-corrected chi connectivity index (χ2v) is 32.0. The van der Waals surface area contributed by atoms with Gasteiger partial charge >= 0.3 is 31.1 Å². The van der Waals surface area contributed by atoms with Crippen LogP contribution >= 0.6 is 0 Å². The molecule has 9 rings (SSSR count). The van der Waals surface area contributed by atoms with Gasteiger partial charge in [0.1, 0.15) is 36.6 Å². The predicted octanol–water partition coefficient (Wildman–Crippen LogP) is 16.2. The van der Waals surface area contributed by atoms with Crippen molar-refractivity contribution >= 4 is 24.1 Å². The number of aryl methyl sites for hydroxylation is 1. The monoisotopic (exact) mass is 1490 g/mol. The molecule has 2 saturated carbocycles. The van der Waals surface area contributed by atoms with E-state index in [0.29, 0.717) is 79.9 Å². The Labute approximate surface area is 574 Å². The van der Waals surface area contributed by atoms with Crippen molar-refractivity contribution < 1.29 is 63.6 Å².